The van der Waals surface area contributed by atoms with Gasteiger partial charge in [0.25, 0.3) is 0 Å². The van der Waals surface area contributed by atoms with Crippen molar-refractivity contribution in [2.24, 2.45) is 0 Å². The third-order valence-electron chi connectivity index (χ3n) is 3.24. The van der Waals surface area contributed by atoms with Gasteiger partial charge in [0.05, 0.1) is 5.01 Å². The Kier molecular flexibility index (Phi) is 4.35. The zero-order valence-electron chi connectivity index (χ0n) is 11.6. The van der Waals surface area contributed by atoms with Crippen LogP contribution in [-0.4, -0.2) is 48.5 Å². The van der Waals surface area contributed by atoms with Crippen LogP contribution in [0.15, 0.2) is 0 Å². The van der Waals surface area contributed by atoms with E-state index < -0.39 is 6.30 Å². The number of alkyl halides is 1. The monoisotopic (exact) mass is 271 g/mol. The largest absolute Gasteiger partial charge is 0.308 e. The van der Waals surface area contributed by atoms with Crippen LogP contribution in [0.4, 0.5) is 4.39 Å². The molecule has 0 saturated heterocycles. The minimum atomic E-state index is -1.02. The van der Waals surface area contributed by atoms with E-state index in [0.29, 0.717) is 11.6 Å². The molecule has 0 aromatic carbocycles. The molecule has 102 valence electrons. The van der Waals surface area contributed by atoms with Crippen molar-refractivity contribution in [2.45, 2.75) is 32.5 Å². The molecule has 0 fully saturated rings. The normalized spacial score (nSPS) is 20.7. The highest BCUT2D eigenvalue weighted by atomic mass is 32.1. The van der Waals surface area contributed by atoms with Crippen molar-refractivity contribution in [3.05, 3.63) is 15.6 Å². The maximum atomic E-state index is 14.4. The predicted molar refractivity (Wildman–Crippen MR) is 73.9 cm³/mol. The first-order valence-electron chi connectivity index (χ1n) is 6.51. The molecule has 1 aromatic heterocycles. The molecule has 0 saturated carbocycles. The number of halogens is 1. The number of likely N-dealkylation sites (N-methyl/N-ethyl adjacent to an activating group) is 1. The molecule has 0 amide bonds. The highest BCUT2D eigenvalue weighted by Gasteiger charge is 2.30. The number of nitrogens with zero attached hydrogens (tertiary/aromatic N) is 3. The highest BCUT2D eigenvalue weighted by Crippen LogP contribution is 2.35. The Morgan fingerprint density at radius 2 is 2.22 bits per heavy atom. The Morgan fingerprint density at radius 3 is 2.83 bits per heavy atom. The van der Waals surface area contributed by atoms with Crippen LogP contribution in [0.5, 0.6) is 0 Å². The number of aromatic nitrogens is 1. The van der Waals surface area contributed by atoms with Crippen LogP contribution in [0.1, 0.15) is 41.6 Å². The Hall–Kier alpha value is -0.520. The summed E-state index contributed by atoms with van der Waals surface area (Å²) in [5.41, 5.74) is 0.675. The lowest BCUT2D eigenvalue weighted by Gasteiger charge is -2.30. The van der Waals surface area contributed by atoms with Crippen molar-refractivity contribution in [3.63, 3.8) is 0 Å². The molecule has 18 heavy (non-hydrogen) atoms. The lowest BCUT2D eigenvalue weighted by atomic mass is 10.1. The van der Waals surface area contributed by atoms with Gasteiger partial charge in [-0.3, -0.25) is 4.90 Å². The summed E-state index contributed by atoms with van der Waals surface area (Å²) in [6.07, 6.45) is -0.0782. The molecule has 1 unspecified atom stereocenters. The van der Waals surface area contributed by atoms with Crippen molar-refractivity contribution in [3.8, 4) is 0 Å². The minimum absolute atomic E-state index is 0.392. The topological polar surface area (TPSA) is 19.4 Å². The van der Waals surface area contributed by atoms with Crippen LogP contribution in [-0.2, 0) is 6.42 Å². The summed E-state index contributed by atoms with van der Waals surface area (Å²) >= 11 is 1.69. The van der Waals surface area contributed by atoms with Crippen molar-refractivity contribution in [1.82, 2.24) is 14.8 Å². The van der Waals surface area contributed by atoms with E-state index in [-0.39, 0.29) is 0 Å². The van der Waals surface area contributed by atoms with E-state index in [1.54, 1.807) is 11.3 Å². The van der Waals surface area contributed by atoms with Gasteiger partial charge in [-0.1, -0.05) is 13.8 Å². The standard InChI is InChI=1S/C13H22FN3S/c1-9(2)13-15-11-10(18-13)5-6-17(12(11)14)8-7-16(3)4/h9,12H,5-8H2,1-4H3. The second-order valence-corrected chi connectivity index (χ2v) is 6.56. The Bertz CT molecular complexity index is 403. The molecule has 3 nitrogen and oxygen atoms in total. The van der Waals surface area contributed by atoms with Crippen LogP contribution in [0.3, 0.4) is 0 Å². The molecule has 1 aliphatic heterocycles. The van der Waals surface area contributed by atoms with E-state index in [9.17, 15) is 4.39 Å². The summed E-state index contributed by atoms with van der Waals surface area (Å²) in [5.74, 6) is 0.392. The zero-order valence-corrected chi connectivity index (χ0v) is 12.4. The second kappa shape index (κ2) is 5.63. The molecule has 2 rings (SSSR count). The fraction of sp³-hybridized carbons (Fsp3) is 0.769. The molecule has 1 atom stereocenters. The predicted octanol–water partition coefficient (Wildman–Crippen LogP) is 2.65. The average molecular weight is 271 g/mol. The molecule has 1 aromatic rings. The first-order valence-corrected chi connectivity index (χ1v) is 7.33. The van der Waals surface area contributed by atoms with Crippen molar-refractivity contribution in [2.75, 3.05) is 33.7 Å². The molecule has 0 aliphatic carbocycles. The van der Waals surface area contributed by atoms with E-state index in [1.165, 1.54) is 0 Å². The number of hydrogen-bond acceptors (Lipinski definition) is 4. The van der Waals surface area contributed by atoms with Crippen molar-refractivity contribution < 1.29 is 4.39 Å². The van der Waals surface area contributed by atoms with Gasteiger partial charge in [-0.25, -0.2) is 9.37 Å². The van der Waals surface area contributed by atoms with Gasteiger partial charge >= 0.3 is 0 Å². The number of rotatable bonds is 4. The molecular weight excluding hydrogens is 249 g/mol. The summed E-state index contributed by atoms with van der Waals surface area (Å²) < 4.78 is 14.4. The quantitative estimate of drug-likeness (QED) is 0.785. The fourth-order valence-corrected chi connectivity index (χ4v) is 3.15. The minimum Gasteiger partial charge on any atom is -0.308 e. The third kappa shape index (κ3) is 2.90. The highest BCUT2D eigenvalue weighted by molar-refractivity contribution is 7.11. The molecule has 5 heteroatoms. The van der Waals surface area contributed by atoms with Gasteiger partial charge in [0, 0.05) is 30.4 Å². The lowest BCUT2D eigenvalue weighted by molar-refractivity contribution is 0.0631. The fourth-order valence-electron chi connectivity index (χ4n) is 2.08. The van der Waals surface area contributed by atoms with Crippen LogP contribution < -0.4 is 0 Å². The number of thiazole rings is 1. The smallest absolute Gasteiger partial charge is 0.197 e. The van der Waals surface area contributed by atoms with Gasteiger partial charge < -0.3 is 4.90 Å². The second-order valence-electron chi connectivity index (χ2n) is 5.44. The van der Waals surface area contributed by atoms with E-state index in [4.69, 9.17) is 0 Å². The van der Waals surface area contributed by atoms with E-state index in [2.05, 4.69) is 23.7 Å². The van der Waals surface area contributed by atoms with Crippen LogP contribution >= 0.6 is 11.3 Å². The molecule has 0 bridgehead atoms. The van der Waals surface area contributed by atoms with E-state index in [1.807, 2.05) is 19.0 Å². The summed E-state index contributed by atoms with van der Waals surface area (Å²) in [4.78, 5) is 9.62. The SMILES string of the molecule is CC(C)c1nc2c(s1)CCN(CCN(C)C)C2F. The summed E-state index contributed by atoms with van der Waals surface area (Å²) in [6.45, 7) is 6.68. The third-order valence-corrected chi connectivity index (χ3v) is 4.68. The molecule has 0 N–H and O–H groups in total. The Labute approximate surface area is 113 Å². The van der Waals surface area contributed by atoms with Gasteiger partial charge in [-0.15, -0.1) is 11.3 Å². The van der Waals surface area contributed by atoms with Crippen LogP contribution in [0.2, 0.25) is 0 Å². The van der Waals surface area contributed by atoms with Crippen molar-refractivity contribution >= 4 is 11.3 Å². The Balaban J connectivity index is 2.10. The first kappa shape index (κ1) is 13.9. The van der Waals surface area contributed by atoms with E-state index in [0.717, 1.165) is 35.9 Å². The summed E-state index contributed by atoms with van der Waals surface area (Å²) in [6, 6.07) is 0. The van der Waals surface area contributed by atoms with Gasteiger partial charge in [0.1, 0.15) is 5.69 Å². The molecule has 0 spiro atoms. The number of fused-ring (bicyclic) bond motifs is 1. The number of hydrogen-bond donors (Lipinski definition) is 0. The molecular formula is C13H22FN3S. The summed E-state index contributed by atoms with van der Waals surface area (Å²) in [5, 5.41) is 1.07. The van der Waals surface area contributed by atoms with E-state index >= 15 is 0 Å². The first-order chi connectivity index (χ1) is 8.49. The molecule has 1 aliphatic rings. The summed E-state index contributed by atoms with van der Waals surface area (Å²) in [7, 11) is 4.03. The molecule has 0 radical (unpaired) electrons. The average Bonchev–Trinajstić information content (AvgIpc) is 2.73. The Morgan fingerprint density at radius 1 is 1.50 bits per heavy atom. The van der Waals surface area contributed by atoms with Gasteiger partial charge in [0.2, 0.25) is 0 Å². The van der Waals surface area contributed by atoms with Crippen LogP contribution in [0, 0.1) is 0 Å². The van der Waals surface area contributed by atoms with Gasteiger partial charge in [0.15, 0.2) is 6.30 Å². The van der Waals surface area contributed by atoms with Gasteiger partial charge in [-0.2, -0.15) is 0 Å². The lowest BCUT2D eigenvalue weighted by Crippen LogP contribution is -2.37. The molecule has 2 heterocycles. The maximum absolute atomic E-state index is 14.4. The van der Waals surface area contributed by atoms with Crippen molar-refractivity contribution in [1.29, 1.82) is 0 Å². The zero-order chi connectivity index (χ0) is 13.3. The maximum Gasteiger partial charge on any atom is 0.197 e. The van der Waals surface area contributed by atoms with Gasteiger partial charge in [-0.05, 0) is 20.5 Å². The van der Waals surface area contributed by atoms with Crippen LogP contribution in [0.25, 0.3) is 0 Å².